The van der Waals surface area contributed by atoms with Crippen molar-refractivity contribution in [3.8, 4) is 0 Å². The molecule has 5 heteroatoms. The number of carbonyl (C=O) groups is 1. The summed E-state index contributed by atoms with van der Waals surface area (Å²) >= 11 is 5.83. The Morgan fingerprint density at radius 3 is 2.82 bits per heavy atom. The van der Waals surface area contributed by atoms with Gasteiger partial charge in [0.25, 0.3) is 0 Å². The summed E-state index contributed by atoms with van der Waals surface area (Å²) < 4.78 is 0. The number of halogens is 2. The molecule has 0 bridgehead atoms. The number of amides is 1. The average Bonchev–Trinajstić information content (AvgIpc) is 2.16. The Morgan fingerprint density at radius 2 is 2.24 bits per heavy atom. The summed E-state index contributed by atoms with van der Waals surface area (Å²) in [4.78, 5) is 11.5. The van der Waals surface area contributed by atoms with Crippen molar-refractivity contribution in [2.24, 2.45) is 5.73 Å². The van der Waals surface area contributed by atoms with E-state index < -0.39 is 0 Å². The third-order valence-electron chi connectivity index (χ3n) is 2.18. The summed E-state index contributed by atoms with van der Waals surface area (Å²) in [6, 6.07) is 7.43. The van der Waals surface area contributed by atoms with E-state index in [2.05, 4.69) is 5.32 Å². The average molecular weight is 277 g/mol. The van der Waals surface area contributed by atoms with Gasteiger partial charge in [-0.1, -0.05) is 23.7 Å². The highest BCUT2D eigenvalue weighted by Gasteiger charge is 2.03. The summed E-state index contributed by atoms with van der Waals surface area (Å²) in [6.45, 7) is 2.54. The lowest BCUT2D eigenvalue weighted by molar-refractivity contribution is -0.120. The van der Waals surface area contributed by atoms with Crippen LogP contribution >= 0.6 is 24.0 Å². The summed E-state index contributed by atoms with van der Waals surface area (Å²) in [5.74, 6) is 0.00270. The second-order valence-electron chi connectivity index (χ2n) is 3.92. The number of nitrogens with two attached hydrogens (primary N) is 1. The zero-order valence-electron chi connectivity index (χ0n) is 9.78. The predicted molar refractivity (Wildman–Crippen MR) is 73.7 cm³/mol. The molecule has 96 valence electrons. The minimum atomic E-state index is 0. The molecule has 3 N–H and O–H groups in total. The lowest BCUT2D eigenvalue weighted by Crippen LogP contribution is -2.29. The molecule has 0 heterocycles. The first kappa shape index (κ1) is 16.2. The molecule has 0 saturated carbocycles. The molecule has 1 amide bonds. The van der Waals surface area contributed by atoms with Crippen molar-refractivity contribution in [1.82, 2.24) is 5.32 Å². The zero-order chi connectivity index (χ0) is 12.0. The second-order valence-corrected chi connectivity index (χ2v) is 4.36. The molecule has 0 aliphatic heterocycles. The van der Waals surface area contributed by atoms with Crippen LogP contribution in [0.2, 0.25) is 5.02 Å². The number of benzene rings is 1. The van der Waals surface area contributed by atoms with Crippen molar-refractivity contribution >= 4 is 29.9 Å². The van der Waals surface area contributed by atoms with E-state index in [0.29, 0.717) is 18.0 Å². The van der Waals surface area contributed by atoms with Crippen LogP contribution in [0.15, 0.2) is 24.3 Å². The van der Waals surface area contributed by atoms with E-state index in [4.69, 9.17) is 17.3 Å². The van der Waals surface area contributed by atoms with Gasteiger partial charge in [-0.15, -0.1) is 12.4 Å². The number of hydrogen-bond donors (Lipinski definition) is 2. The highest BCUT2D eigenvalue weighted by atomic mass is 35.5. The van der Waals surface area contributed by atoms with Gasteiger partial charge in [-0.25, -0.2) is 0 Å². The molecule has 1 rings (SSSR count). The third-order valence-corrected chi connectivity index (χ3v) is 2.41. The van der Waals surface area contributed by atoms with Crippen LogP contribution in [0.3, 0.4) is 0 Å². The minimum absolute atomic E-state index is 0. The van der Waals surface area contributed by atoms with Gasteiger partial charge in [0, 0.05) is 17.6 Å². The lowest BCUT2D eigenvalue weighted by atomic mass is 10.1. The van der Waals surface area contributed by atoms with E-state index >= 15 is 0 Å². The molecule has 0 saturated heterocycles. The summed E-state index contributed by atoms with van der Waals surface area (Å²) in [5.41, 5.74) is 6.50. The molecule has 0 radical (unpaired) electrons. The van der Waals surface area contributed by atoms with E-state index in [0.717, 1.165) is 12.0 Å². The Kier molecular flexibility index (Phi) is 7.96. The van der Waals surface area contributed by atoms with Crippen LogP contribution in [0.25, 0.3) is 0 Å². The Balaban J connectivity index is 0.00000256. The van der Waals surface area contributed by atoms with Gasteiger partial charge in [-0.2, -0.15) is 0 Å². The molecule has 1 aromatic rings. The predicted octanol–water partition coefficient (Wildman–Crippen LogP) is 2.16. The van der Waals surface area contributed by atoms with Gasteiger partial charge < -0.3 is 11.1 Å². The van der Waals surface area contributed by atoms with Crippen molar-refractivity contribution in [1.29, 1.82) is 0 Å². The monoisotopic (exact) mass is 276 g/mol. The minimum Gasteiger partial charge on any atom is -0.356 e. The van der Waals surface area contributed by atoms with E-state index in [9.17, 15) is 4.79 Å². The Hall–Kier alpha value is -0.770. The molecule has 3 nitrogen and oxygen atoms in total. The van der Waals surface area contributed by atoms with Crippen LogP contribution in [0.4, 0.5) is 0 Å². The van der Waals surface area contributed by atoms with Gasteiger partial charge in [0.05, 0.1) is 6.42 Å². The standard InChI is InChI=1S/C12H17ClN2O.ClH/c1-9(14)5-6-15-12(16)8-10-3-2-4-11(13)7-10;/h2-4,7,9H,5-6,8,14H2,1H3,(H,15,16);1H. The van der Waals surface area contributed by atoms with E-state index in [-0.39, 0.29) is 24.4 Å². The maximum atomic E-state index is 11.5. The van der Waals surface area contributed by atoms with Gasteiger partial charge in [0.15, 0.2) is 0 Å². The SMILES string of the molecule is CC(N)CCNC(=O)Cc1cccc(Cl)c1.Cl. The first-order chi connectivity index (χ1) is 7.58. The van der Waals surface area contributed by atoms with Crippen molar-refractivity contribution in [2.75, 3.05) is 6.54 Å². The fraction of sp³-hybridized carbons (Fsp3) is 0.417. The third kappa shape index (κ3) is 7.21. The zero-order valence-corrected chi connectivity index (χ0v) is 11.4. The number of nitrogens with one attached hydrogen (secondary N) is 1. The van der Waals surface area contributed by atoms with Gasteiger partial charge in [0.1, 0.15) is 0 Å². The molecule has 0 aliphatic carbocycles. The number of hydrogen-bond acceptors (Lipinski definition) is 2. The Morgan fingerprint density at radius 1 is 1.53 bits per heavy atom. The van der Waals surface area contributed by atoms with Crippen molar-refractivity contribution < 1.29 is 4.79 Å². The van der Waals surface area contributed by atoms with E-state index in [1.54, 1.807) is 12.1 Å². The number of rotatable bonds is 5. The summed E-state index contributed by atoms with van der Waals surface area (Å²) in [5, 5.41) is 3.47. The molecule has 1 aromatic carbocycles. The maximum Gasteiger partial charge on any atom is 0.224 e. The molecular weight excluding hydrogens is 259 g/mol. The van der Waals surface area contributed by atoms with E-state index in [1.807, 2.05) is 19.1 Å². The van der Waals surface area contributed by atoms with Gasteiger partial charge in [0.2, 0.25) is 5.91 Å². The highest BCUT2D eigenvalue weighted by molar-refractivity contribution is 6.30. The van der Waals surface area contributed by atoms with Crippen molar-refractivity contribution in [3.63, 3.8) is 0 Å². The van der Waals surface area contributed by atoms with Crippen molar-refractivity contribution in [3.05, 3.63) is 34.9 Å². The maximum absolute atomic E-state index is 11.5. The van der Waals surface area contributed by atoms with Crippen LogP contribution in [-0.2, 0) is 11.2 Å². The molecule has 1 atom stereocenters. The molecule has 17 heavy (non-hydrogen) atoms. The van der Waals surface area contributed by atoms with Gasteiger partial charge in [-0.3, -0.25) is 4.79 Å². The van der Waals surface area contributed by atoms with E-state index in [1.165, 1.54) is 0 Å². The molecular formula is C12H18Cl2N2O. The fourth-order valence-corrected chi connectivity index (χ4v) is 1.55. The molecule has 0 spiro atoms. The van der Waals surface area contributed by atoms with Crippen LogP contribution in [0.5, 0.6) is 0 Å². The highest BCUT2D eigenvalue weighted by Crippen LogP contribution is 2.10. The second kappa shape index (κ2) is 8.34. The van der Waals surface area contributed by atoms with Crippen molar-refractivity contribution in [2.45, 2.75) is 25.8 Å². The quantitative estimate of drug-likeness (QED) is 0.866. The molecule has 0 aliphatic rings. The Labute approximate surface area is 113 Å². The molecule has 0 fully saturated rings. The first-order valence-corrected chi connectivity index (χ1v) is 5.72. The normalized spacial score (nSPS) is 11.5. The van der Waals surface area contributed by atoms with Crippen LogP contribution in [-0.4, -0.2) is 18.5 Å². The lowest BCUT2D eigenvalue weighted by Gasteiger charge is -2.07. The Bertz CT molecular complexity index is 356. The molecule has 1 unspecified atom stereocenters. The summed E-state index contributed by atoms with van der Waals surface area (Å²) in [7, 11) is 0. The van der Waals surface area contributed by atoms with Crippen LogP contribution in [0, 0.1) is 0 Å². The molecule has 0 aromatic heterocycles. The van der Waals surface area contributed by atoms with Gasteiger partial charge in [-0.05, 0) is 31.0 Å². The van der Waals surface area contributed by atoms with Crippen LogP contribution < -0.4 is 11.1 Å². The first-order valence-electron chi connectivity index (χ1n) is 5.34. The fourth-order valence-electron chi connectivity index (χ4n) is 1.33. The summed E-state index contributed by atoms with van der Waals surface area (Å²) in [6.07, 6.45) is 1.15. The largest absolute Gasteiger partial charge is 0.356 e. The van der Waals surface area contributed by atoms with Crippen LogP contribution in [0.1, 0.15) is 18.9 Å². The topological polar surface area (TPSA) is 55.1 Å². The number of carbonyl (C=O) groups excluding carboxylic acids is 1. The smallest absolute Gasteiger partial charge is 0.224 e. The van der Waals surface area contributed by atoms with Gasteiger partial charge >= 0.3 is 0 Å².